The number of hydrogen-bond donors (Lipinski definition) is 2. The highest BCUT2D eigenvalue weighted by molar-refractivity contribution is 9.10. The van der Waals surface area contributed by atoms with Crippen molar-refractivity contribution in [2.24, 2.45) is 0 Å². The number of aromatic amines is 1. The third-order valence-corrected chi connectivity index (χ3v) is 6.87. The lowest BCUT2D eigenvalue weighted by molar-refractivity contribution is 0.713. The Labute approximate surface area is 191 Å². The number of nitrogen functional groups attached to an aromatic ring is 1. The van der Waals surface area contributed by atoms with Gasteiger partial charge in [0.15, 0.2) is 0 Å². The lowest BCUT2D eigenvalue weighted by Crippen LogP contribution is -2.38. The highest BCUT2D eigenvalue weighted by atomic mass is 79.9. The van der Waals surface area contributed by atoms with Gasteiger partial charge in [-0.3, -0.25) is 14.3 Å². The zero-order valence-corrected chi connectivity index (χ0v) is 19.0. The number of nitrogens with two attached hydrogens (primary N) is 1. The molecule has 0 bridgehead atoms. The van der Waals surface area contributed by atoms with Gasteiger partial charge in [0, 0.05) is 15.9 Å². The molecule has 0 unspecified atom stereocenters. The van der Waals surface area contributed by atoms with Gasteiger partial charge in [-0.25, -0.2) is 4.79 Å². The fraction of sp³-hybridized carbons (Fsp3) is 0.130. The third kappa shape index (κ3) is 4.81. The van der Waals surface area contributed by atoms with Gasteiger partial charge in [0.05, 0.1) is 13.1 Å². The molecule has 2 aromatic carbocycles. The molecule has 0 aliphatic heterocycles. The topological polar surface area (TPSA) is 84.1 Å². The normalized spacial score (nSPS) is 10.9. The summed E-state index contributed by atoms with van der Waals surface area (Å²) in [5.74, 6) is 0.154. The van der Waals surface area contributed by atoms with Crippen LogP contribution in [0.1, 0.15) is 16.0 Å². The van der Waals surface area contributed by atoms with Crippen LogP contribution in [0.15, 0.2) is 86.2 Å². The van der Waals surface area contributed by atoms with Crippen molar-refractivity contribution < 1.29 is 0 Å². The van der Waals surface area contributed by atoms with Crippen molar-refractivity contribution in [1.82, 2.24) is 9.55 Å². The number of hydrogen-bond acceptors (Lipinski definition) is 5. The smallest absolute Gasteiger partial charge is 0.330 e. The number of halogens is 1. The standard InChI is InChI=1S/C23H21BrN4O2S/c24-18-11-12-31-19(18)15-27(13-16-7-3-1-4-8-16)20-21(25)28(23(30)26-22(20)29)14-17-9-5-2-6-10-17/h1-12H,13-15,25H2,(H,26,29,30). The number of anilines is 2. The fourth-order valence-corrected chi connectivity index (χ4v) is 4.93. The SMILES string of the molecule is Nc1c(N(Cc2ccccc2)Cc2sccc2Br)c(=O)[nH]c(=O)n1Cc1ccccc1. The van der Waals surface area contributed by atoms with E-state index in [0.717, 1.165) is 20.5 Å². The van der Waals surface area contributed by atoms with Crippen molar-refractivity contribution in [3.8, 4) is 0 Å². The molecule has 0 atom stereocenters. The van der Waals surface area contributed by atoms with Gasteiger partial charge in [-0.2, -0.15) is 0 Å². The van der Waals surface area contributed by atoms with E-state index in [0.29, 0.717) is 18.8 Å². The number of nitrogens with one attached hydrogen (secondary N) is 1. The molecule has 2 heterocycles. The van der Waals surface area contributed by atoms with Gasteiger partial charge in [-0.1, -0.05) is 60.7 Å². The van der Waals surface area contributed by atoms with E-state index in [1.54, 1.807) is 11.3 Å². The Balaban J connectivity index is 1.79. The molecular weight excluding hydrogens is 476 g/mol. The minimum absolute atomic E-state index is 0.154. The highest BCUT2D eigenvalue weighted by Crippen LogP contribution is 2.28. The van der Waals surface area contributed by atoms with E-state index in [1.807, 2.05) is 77.0 Å². The number of rotatable bonds is 7. The molecule has 8 heteroatoms. The van der Waals surface area contributed by atoms with Crippen LogP contribution in [-0.4, -0.2) is 9.55 Å². The van der Waals surface area contributed by atoms with E-state index in [4.69, 9.17) is 5.73 Å². The van der Waals surface area contributed by atoms with Gasteiger partial charge >= 0.3 is 5.69 Å². The summed E-state index contributed by atoms with van der Waals surface area (Å²) in [7, 11) is 0. The molecule has 6 nitrogen and oxygen atoms in total. The average Bonchev–Trinajstić information content (AvgIpc) is 3.17. The quantitative estimate of drug-likeness (QED) is 0.401. The maximum atomic E-state index is 12.9. The van der Waals surface area contributed by atoms with Crippen LogP contribution in [0, 0.1) is 0 Å². The van der Waals surface area contributed by atoms with Crippen molar-refractivity contribution in [2.45, 2.75) is 19.6 Å². The molecule has 3 N–H and O–H groups in total. The molecule has 0 radical (unpaired) electrons. The first-order valence-corrected chi connectivity index (χ1v) is 11.4. The van der Waals surface area contributed by atoms with Crippen molar-refractivity contribution in [3.63, 3.8) is 0 Å². The zero-order valence-electron chi connectivity index (χ0n) is 16.6. The molecule has 0 saturated heterocycles. The Kier molecular flexibility index (Phi) is 6.39. The average molecular weight is 497 g/mol. The molecule has 0 amide bonds. The maximum Gasteiger partial charge on any atom is 0.330 e. The molecule has 158 valence electrons. The number of benzene rings is 2. The van der Waals surface area contributed by atoms with Gasteiger partial charge in [-0.15, -0.1) is 11.3 Å². The summed E-state index contributed by atoms with van der Waals surface area (Å²) < 4.78 is 2.39. The molecule has 0 spiro atoms. The molecule has 0 aliphatic rings. The predicted octanol–water partition coefficient (Wildman–Crippen LogP) is 4.20. The first-order valence-electron chi connectivity index (χ1n) is 9.70. The maximum absolute atomic E-state index is 12.9. The number of aromatic nitrogens is 2. The second-order valence-corrected chi connectivity index (χ2v) is 8.95. The Bertz CT molecular complexity index is 1280. The van der Waals surface area contributed by atoms with E-state index >= 15 is 0 Å². The van der Waals surface area contributed by atoms with Crippen LogP contribution in [0.25, 0.3) is 0 Å². The van der Waals surface area contributed by atoms with Crippen LogP contribution in [0.5, 0.6) is 0 Å². The number of H-pyrrole nitrogens is 1. The largest absolute Gasteiger partial charge is 0.383 e. The van der Waals surface area contributed by atoms with Gasteiger partial charge in [0.25, 0.3) is 5.56 Å². The fourth-order valence-electron chi connectivity index (χ4n) is 3.44. The minimum Gasteiger partial charge on any atom is -0.383 e. The summed E-state index contributed by atoms with van der Waals surface area (Å²) in [6, 6.07) is 21.4. The highest BCUT2D eigenvalue weighted by Gasteiger charge is 2.21. The Hall–Kier alpha value is -3.10. The van der Waals surface area contributed by atoms with Crippen LogP contribution in [0.2, 0.25) is 0 Å². The second kappa shape index (κ2) is 9.36. The van der Waals surface area contributed by atoms with Crippen LogP contribution in [0.3, 0.4) is 0 Å². The van der Waals surface area contributed by atoms with E-state index in [1.165, 1.54) is 4.57 Å². The van der Waals surface area contributed by atoms with Crippen molar-refractivity contribution in [1.29, 1.82) is 0 Å². The molecule has 0 fully saturated rings. The lowest BCUT2D eigenvalue weighted by Gasteiger charge is -2.26. The summed E-state index contributed by atoms with van der Waals surface area (Å²) in [6.07, 6.45) is 0. The van der Waals surface area contributed by atoms with E-state index in [-0.39, 0.29) is 12.4 Å². The summed E-state index contributed by atoms with van der Waals surface area (Å²) >= 11 is 5.17. The lowest BCUT2D eigenvalue weighted by atomic mass is 10.2. The summed E-state index contributed by atoms with van der Waals surface area (Å²) in [6.45, 7) is 1.23. The number of thiophene rings is 1. The molecule has 0 saturated carbocycles. The summed E-state index contributed by atoms with van der Waals surface area (Å²) in [4.78, 5) is 30.9. The van der Waals surface area contributed by atoms with Gasteiger partial charge in [0.1, 0.15) is 11.5 Å². The van der Waals surface area contributed by atoms with Crippen molar-refractivity contribution in [2.75, 3.05) is 10.6 Å². The molecule has 31 heavy (non-hydrogen) atoms. The van der Waals surface area contributed by atoms with Crippen molar-refractivity contribution >= 4 is 38.8 Å². The number of nitrogens with zero attached hydrogens (tertiary/aromatic N) is 2. The monoisotopic (exact) mass is 496 g/mol. The summed E-state index contributed by atoms with van der Waals surface area (Å²) in [5, 5.41) is 1.99. The van der Waals surface area contributed by atoms with Crippen LogP contribution < -0.4 is 21.9 Å². The second-order valence-electron chi connectivity index (χ2n) is 7.10. The molecule has 4 aromatic rings. The Morgan fingerprint density at radius 3 is 2.19 bits per heavy atom. The first kappa shape index (κ1) is 21.1. The Morgan fingerprint density at radius 2 is 1.58 bits per heavy atom. The van der Waals surface area contributed by atoms with Crippen molar-refractivity contribution in [3.05, 3.63) is 113 Å². The minimum atomic E-state index is -0.521. The van der Waals surface area contributed by atoms with Crippen LogP contribution in [-0.2, 0) is 19.6 Å². The predicted molar refractivity (Wildman–Crippen MR) is 130 cm³/mol. The third-order valence-electron chi connectivity index (χ3n) is 4.96. The Morgan fingerprint density at radius 1 is 0.935 bits per heavy atom. The first-order chi connectivity index (χ1) is 15.0. The van der Waals surface area contributed by atoms with Gasteiger partial charge in [-0.05, 0) is 38.5 Å². The molecule has 2 aromatic heterocycles. The van der Waals surface area contributed by atoms with E-state index in [2.05, 4.69) is 20.9 Å². The van der Waals surface area contributed by atoms with Gasteiger partial charge < -0.3 is 10.6 Å². The van der Waals surface area contributed by atoms with Crippen LogP contribution in [0.4, 0.5) is 11.5 Å². The van der Waals surface area contributed by atoms with Crippen LogP contribution >= 0.6 is 27.3 Å². The van der Waals surface area contributed by atoms with Gasteiger partial charge in [0.2, 0.25) is 0 Å². The zero-order chi connectivity index (χ0) is 21.8. The molecule has 0 aliphatic carbocycles. The summed E-state index contributed by atoms with van der Waals surface area (Å²) in [5.41, 5.74) is 7.69. The molecule has 4 rings (SSSR count). The van der Waals surface area contributed by atoms with E-state index in [9.17, 15) is 9.59 Å². The van der Waals surface area contributed by atoms with E-state index < -0.39 is 11.2 Å². The molecular formula is C23H21BrN4O2S.